The zero-order chi connectivity index (χ0) is 25.0. The van der Waals surface area contributed by atoms with Crippen LogP contribution in [0, 0.1) is 0 Å². The van der Waals surface area contributed by atoms with Gasteiger partial charge >= 0.3 is 0 Å². The molecule has 4 N–H and O–H groups in total. The molecule has 0 unspecified atom stereocenters. The van der Waals surface area contributed by atoms with Gasteiger partial charge in [-0.25, -0.2) is 0 Å². The van der Waals surface area contributed by atoms with Gasteiger partial charge in [0.25, 0.3) is 0 Å². The Labute approximate surface area is 201 Å². The van der Waals surface area contributed by atoms with E-state index in [1.807, 2.05) is 52.3 Å². The van der Waals surface area contributed by atoms with E-state index in [0.29, 0.717) is 37.6 Å². The molecule has 0 bridgehead atoms. The van der Waals surface area contributed by atoms with E-state index in [2.05, 4.69) is 20.4 Å². The third kappa shape index (κ3) is 5.16. The van der Waals surface area contributed by atoms with Crippen molar-refractivity contribution in [2.24, 2.45) is 0 Å². The average Bonchev–Trinajstić information content (AvgIpc) is 2.78. The van der Waals surface area contributed by atoms with Crippen LogP contribution in [0.4, 0.5) is 11.4 Å². The lowest BCUT2D eigenvalue weighted by molar-refractivity contribution is 0.0975. The maximum Gasteiger partial charge on any atom is 0.200 e. The molecule has 2 aromatic rings. The summed E-state index contributed by atoms with van der Waals surface area (Å²) in [5, 5.41) is 27.3. The first-order valence-corrected chi connectivity index (χ1v) is 11.4. The molecule has 9 heteroatoms. The third-order valence-corrected chi connectivity index (χ3v) is 5.92. The fourth-order valence-corrected chi connectivity index (χ4v) is 4.09. The number of phenolic OH excluding ortho intramolecular Hbond substituents is 2. The summed E-state index contributed by atoms with van der Waals surface area (Å²) < 4.78 is 0. The number of fused-ring (bicyclic) bond motifs is 2. The molecule has 1 aliphatic carbocycles. The van der Waals surface area contributed by atoms with Crippen LogP contribution in [-0.4, -0.2) is 106 Å². The Bertz CT molecular complexity index is 1070. The van der Waals surface area contributed by atoms with Gasteiger partial charge in [-0.15, -0.1) is 0 Å². The number of nitrogens with one attached hydrogen (secondary N) is 2. The van der Waals surface area contributed by atoms with E-state index in [1.54, 1.807) is 0 Å². The van der Waals surface area contributed by atoms with Crippen molar-refractivity contribution >= 4 is 22.9 Å². The van der Waals surface area contributed by atoms with Crippen molar-refractivity contribution < 1.29 is 19.8 Å². The number of carbonyl (C=O) groups is 2. The Kier molecular flexibility index (Phi) is 8.14. The normalized spacial score (nSPS) is 12.8. The van der Waals surface area contributed by atoms with E-state index in [1.165, 1.54) is 12.1 Å². The summed E-state index contributed by atoms with van der Waals surface area (Å²) in [5.74, 6) is -1.58. The fraction of sp³-hybridized carbons (Fsp3) is 0.440. The lowest BCUT2D eigenvalue weighted by Gasteiger charge is -2.31. The zero-order valence-electron chi connectivity index (χ0n) is 20.6. The number of aromatic hydroxyl groups is 2. The summed E-state index contributed by atoms with van der Waals surface area (Å²) in [6, 6.07) is 6.16. The van der Waals surface area contributed by atoms with Crippen molar-refractivity contribution in [2.75, 3.05) is 84.7 Å². The van der Waals surface area contributed by atoms with Gasteiger partial charge in [0, 0.05) is 50.6 Å². The van der Waals surface area contributed by atoms with Gasteiger partial charge in [0.05, 0.1) is 22.3 Å². The first-order valence-electron chi connectivity index (χ1n) is 11.4. The molecular formula is C25H35N5O4. The van der Waals surface area contributed by atoms with E-state index in [9.17, 15) is 19.8 Å². The van der Waals surface area contributed by atoms with Gasteiger partial charge in [0.15, 0.2) is 0 Å². The second kappa shape index (κ2) is 10.9. The number of ketones is 2. The van der Waals surface area contributed by atoms with E-state index in [-0.39, 0.29) is 33.8 Å². The summed E-state index contributed by atoms with van der Waals surface area (Å²) in [6.07, 6.45) is 0. The molecule has 1 aliphatic rings. The maximum absolute atomic E-state index is 13.8. The molecule has 0 radical (unpaired) electrons. The van der Waals surface area contributed by atoms with Gasteiger partial charge in [0.1, 0.15) is 11.5 Å². The topological polar surface area (TPSA) is 108 Å². The second-order valence-electron chi connectivity index (χ2n) is 9.02. The van der Waals surface area contributed by atoms with Crippen LogP contribution in [0.3, 0.4) is 0 Å². The Morgan fingerprint density at radius 2 is 1.29 bits per heavy atom. The number of benzene rings is 2. The standard InChI is InChI=1S/C25H35N5O4/c1-26-10-13-30(15-14-29(4)5)17-7-6-16(27-11-12-28(2)3)20-21(17)25(34)23-19(32)9-8-18(31)22(23)24(20)33/h6-9,26-27,31-32H,10-15H2,1-5H3. The molecule has 0 fully saturated rings. The number of phenols is 2. The highest BCUT2D eigenvalue weighted by atomic mass is 16.3. The maximum atomic E-state index is 13.8. The largest absolute Gasteiger partial charge is 0.507 e. The third-order valence-electron chi connectivity index (χ3n) is 5.92. The number of rotatable bonds is 11. The van der Waals surface area contributed by atoms with Gasteiger partial charge in [-0.05, 0) is 59.5 Å². The van der Waals surface area contributed by atoms with Crippen LogP contribution < -0.4 is 15.5 Å². The minimum atomic E-state index is -0.478. The Balaban J connectivity index is 2.19. The molecule has 9 nitrogen and oxygen atoms in total. The summed E-state index contributed by atoms with van der Waals surface area (Å²) in [4.78, 5) is 33.6. The lowest BCUT2D eigenvalue weighted by atomic mass is 9.81. The van der Waals surface area contributed by atoms with Crippen LogP contribution in [0.25, 0.3) is 0 Å². The molecular weight excluding hydrogens is 434 g/mol. The number of carbonyl (C=O) groups excluding carboxylic acids is 2. The highest BCUT2D eigenvalue weighted by Gasteiger charge is 2.38. The van der Waals surface area contributed by atoms with E-state index in [4.69, 9.17) is 0 Å². The highest BCUT2D eigenvalue weighted by molar-refractivity contribution is 6.33. The highest BCUT2D eigenvalue weighted by Crippen LogP contribution is 2.43. The molecule has 3 rings (SSSR count). The van der Waals surface area contributed by atoms with Crippen molar-refractivity contribution in [2.45, 2.75) is 0 Å². The van der Waals surface area contributed by atoms with Crippen molar-refractivity contribution in [1.82, 2.24) is 15.1 Å². The molecule has 0 aliphatic heterocycles. The number of anilines is 2. The van der Waals surface area contributed by atoms with Crippen LogP contribution in [-0.2, 0) is 0 Å². The molecule has 0 spiro atoms. The Morgan fingerprint density at radius 3 is 1.85 bits per heavy atom. The molecule has 184 valence electrons. The number of likely N-dealkylation sites (N-methyl/N-ethyl adjacent to an activating group) is 3. The lowest BCUT2D eigenvalue weighted by Crippen LogP contribution is -2.38. The number of hydrogen-bond donors (Lipinski definition) is 4. The van der Waals surface area contributed by atoms with Crippen molar-refractivity contribution in [3.05, 3.63) is 46.5 Å². The quantitative estimate of drug-likeness (QED) is 0.310. The van der Waals surface area contributed by atoms with Crippen molar-refractivity contribution in [3.8, 4) is 11.5 Å². The van der Waals surface area contributed by atoms with E-state index in [0.717, 1.165) is 13.1 Å². The fourth-order valence-electron chi connectivity index (χ4n) is 4.09. The molecule has 0 saturated heterocycles. The van der Waals surface area contributed by atoms with Gasteiger partial charge in [-0.1, -0.05) is 0 Å². The van der Waals surface area contributed by atoms with Crippen molar-refractivity contribution in [1.29, 1.82) is 0 Å². The smallest absolute Gasteiger partial charge is 0.200 e. The van der Waals surface area contributed by atoms with Crippen molar-refractivity contribution in [3.63, 3.8) is 0 Å². The minimum absolute atomic E-state index is 0.148. The molecule has 0 amide bonds. The Morgan fingerprint density at radius 1 is 0.706 bits per heavy atom. The summed E-state index contributed by atoms with van der Waals surface area (Å²) in [5.41, 5.74) is 1.35. The average molecular weight is 470 g/mol. The minimum Gasteiger partial charge on any atom is -0.507 e. The van der Waals surface area contributed by atoms with Crippen LogP contribution in [0.1, 0.15) is 31.8 Å². The number of nitrogens with zero attached hydrogens (tertiary/aromatic N) is 3. The zero-order valence-corrected chi connectivity index (χ0v) is 20.6. The number of hydrogen-bond acceptors (Lipinski definition) is 9. The Hall–Kier alpha value is -3.14. The summed E-state index contributed by atoms with van der Waals surface area (Å²) >= 11 is 0. The van der Waals surface area contributed by atoms with E-state index < -0.39 is 11.6 Å². The molecule has 0 saturated carbocycles. The van der Waals surface area contributed by atoms with Gasteiger partial charge in [0.2, 0.25) is 11.6 Å². The predicted octanol–water partition coefficient (Wildman–Crippen LogP) is 1.43. The SMILES string of the molecule is CNCCN(CCN(C)C)c1ccc(NCCN(C)C)c2c1C(=O)c1c(O)ccc(O)c1C2=O. The monoisotopic (exact) mass is 469 g/mol. The first-order chi connectivity index (χ1) is 16.2. The van der Waals surface area contributed by atoms with Gasteiger partial charge in [-0.2, -0.15) is 0 Å². The summed E-state index contributed by atoms with van der Waals surface area (Å²) in [7, 11) is 9.74. The van der Waals surface area contributed by atoms with Crippen LogP contribution in [0.5, 0.6) is 11.5 Å². The molecule has 0 atom stereocenters. The van der Waals surface area contributed by atoms with Crippen LogP contribution in [0.2, 0.25) is 0 Å². The molecule has 34 heavy (non-hydrogen) atoms. The molecule has 0 heterocycles. The first kappa shape index (κ1) is 25.5. The van der Waals surface area contributed by atoms with Crippen LogP contribution in [0.15, 0.2) is 24.3 Å². The second-order valence-corrected chi connectivity index (χ2v) is 9.02. The predicted molar refractivity (Wildman–Crippen MR) is 135 cm³/mol. The van der Waals surface area contributed by atoms with Gasteiger partial charge < -0.3 is 35.5 Å². The van der Waals surface area contributed by atoms with Crippen LogP contribution >= 0.6 is 0 Å². The van der Waals surface area contributed by atoms with Gasteiger partial charge in [-0.3, -0.25) is 9.59 Å². The molecule has 2 aromatic carbocycles. The van der Waals surface area contributed by atoms with E-state index >= 15 is 0 Å². The summed E-state index contributed by atoms with van der Waals surface area (Å²) in [6.45, 7) is 4.03. The molecule has 0 aromatic heterocycles.